The van der Waals surface area contributed by atoms with E-state index in [1.807, 2.05) is 0 Å². The zero-order chi connectivity index (χ0) is 10.5. The standard InChI is InChI=1S/C11H10O4/c12-10(11-4-2-6-15-11)8-13-7-9-3-1-5-14-9/h1-6H,7-8H2. The van der Waals surface area contributed by atoms with Crippen molar-refractivity contribution in [3.8, 4) is 0 Å². The molecule has 15 heavy (non-hydrogen) atoms. The second-order valence-electron chi connectivity index (χ2n) is 2.97. The van der Waals surface area contributed by atoms with E-state index >= 15 is 0 Å². The zero-order valence-electron chi connectivity index (χ0n) is 8.01. The van der Waals surface area contributed by atoms with Gasteiger partial charge in [-0.2, -0.15) is 0 Å². The van der Waals surface area contributed by atoms with Crippen LogP contribution in [0.1, 0.15) is 16.3 Å². The molecular formula is C11H10O4. The molecule has 2 aromatic rings. The average molecular weight is 206 g/mol. The molecule has 0 aliphatic carbocycles. The van der Waals surface area contributed by atoms with Crippen molar-refractivity contribution >= 4 is 5.78 Å². The fourth-order valence-electron chi connectivity index (χ4n) is 1.15. The van der Waals surface area contributed by atoms with E-state index in [0.29, 0.717) is 18.1 Å². The highest BCUT2D eigenvalue weighted by Gasteiger charge is 2.08. The molecule has 2 rings (SSSR count). The highest BCUT2D eigenvalue weighted by Crippen LogP contribution is 2.04. The summed E-state index contributed by atoms with van der Waals surface area (Å²) in [7, 11) is 0. The first kappa shape index (κ1) is 9.73. The minimum atomic E-state index is -0.174. The van der Waals surface area contributed by atoms with Crippen LogP contribution in [0.3, 0.4) is 0 Å². The fraction of sp³-hybridized carbons (Fsp3) is 0.182. The molecule has 4 nitrogen and oxygen atoms in total. The highest BCUT2D eigenvalue weighted by molar-refractivity contribution is 5.94. The Hall–Kier alpha value is -1.81. The van der Waals surface area contributed by atoms with Crippen LogP contribution >= 0.6 is 0 Å². The van der Waals surface area contributed by atoms with Crippen molar-refractivity contribution in [2.45, 2.75) is 6.61 Å². The smallest absolute Gasteiger partial charge is 0.223 e. The van der Waals surface area contributed by atoms with E-state index in [1.165, 1.54) is 6.26 Å². The van der Waals surface area contributed by atoms with Crippen LogP contribution in [0, 0.1) is 0 Å². The molecule has 0 spiro atoms. The summed E-state index contributed by atoms with van der Waals surface area (Å²) in [6.45, 7) is 0.285. The molecule has 0 radical (unpaired) electrons. The van der Waals surface area contributed by atoms with E-state index in [9.17, 15) is 4.79 Å². The lowest BCUT2D eigenvalue weighted by Crippen LogP contribution is -2.07. The molecule has 0 aliphatic rings. The Morgan fingerprint density at radius 2 is 2.00 bits per heavy atom. The monoisotopic (exact) mass is 206 g/mol. The molecule has 2 aromatic heterocycles. The number of hydrogen-bond donors (Lipinski definition) is 0. The van der Waals surface area contributed by atoms with E-state index in [2.05, 4.69) is 0 Å². The topological polar surface area (TPSA) is 52.6 Å². The largest absolute Gasteiger partial charge is 0.467 e. The van der Waals surface area contributed by atoms with Gasteiger partial charge in [-0.15, -0.1) is 0 Å². The molecule has 0 unspecified atom stereocenters. The normalized spacial score (nSPS) is 10.4. The van der Waals surface area contributed by atoms with Crippen LogP contribution in [0.2, 0.25) is 0 Å². The number of ketones is 1. The molecule has 78 valence electrons. The third kappa shape index (κ3) is 2.57. The van der Waals surface area contributed by atoms with Crippen molar-refractivity contribution in [3.63, 3.8) is 0 Å². The van der Waals surface area contributed by atoms with Crippen LogP contribution in [0.25, 0.3) is 0 Å². The number of rotatable bonds is 5. The molecule has 0 bridgehead atoms. The van der Waals surface area contributed by atoms with Crippen LogP contribution in [-0.4, -0.2) is 12.4 Å². The minimum Gasteiger partial charge on any atom is -0.467 e. The summed E-state index contributed by atoms with van der Waals surface area (Å²) in [6, 6.07) is 6.84. The van der Waals surface area contributed by atoms with Crippen molar-refractivity contribution in [3.05, 3.63) is 48.3 Å². The van der Waals surface area contributed by atoms with Gasteiger partial charge < -0.3 is 13.6 Å². The molecule has 0 N–H and O–H groups in total. The van der Waals surface area contributed by atoms with Crippen LogP contribution in [0.5, 0.6) is 0 Å². The maximum absolute atomic E-state index is 11.4. The van der Waals surface area contributed by atoms with E-state index in [1.54, 1.807) is 30.5 Å². The van der Waals surface area contributed by atoms with Crippen LogP contribution in [0.15, 0.2) is 45.6 Å². The van der Waals surface area contributed by atoms with Gasteiger partial charge in [0.25, 0.3) is 0 Å². The summed E-state index contributed by atoms with van der Waals surface area (Å²) in [5.41, 5.74) is 0. The molecule has 0 saturated heterocycles. The quantitative estimate of drug-likeness (QED) is 0.704. The van der Waals surface area contributed by atoms with Crippen LogP contribution in [-0.2, 0) is 11.3 Å². The van der Waals surface area contributed by atoms with Crippen molar-refractivity contribution in [2.75, 3.05) is 6.61 Å². The third-order valence-corrected chi connectivity index (χ3v) is 1.85. The molecule has 0 fully saturated rings. The molecule has 0 saturated carbocycles. The van der Waals surface area contributed by atoms with E-state index in [-0.39, 0.29) is 12.4 Å². The Kier molecular flexibility index (Phi) is 2.99. The molecular weight excluding hydrogens is 196 g/mol. The van der Waals surface area contributed by atoms with Crippen molar-refractivity contribution in [1.82, 2.24) is 0 Å². The van der Waals surface area contributed by atoms with Gasteiger partial charge in [-0.05, 0) is 24.3 Å². The van der Waals surface area contributed by atoms with E-state index in [0.717, 1.165) is 0 Å². The predicted molar refractivity (Wildman–Crippen MR) is 51.4 cm³/mol. The first-order valence-corrected chi connectivity index (χ1v) is 4.53. The molecule has 0 aliphatic heterocycles. The summed E-state index contributed by atoms with van der Waals surface area (Å²) in [5, 5.41) is 0. The number of ether oxygens (including phenoxy) is 1. The number of carbonyl (C=O) groups is 1. The Balaban J connectivity index is 1.77. The lowest BCUT2D eigenvalue weighted by molar-refractivity contribution is 0.0666. The summed E-state index contributed by atoms with van der Waals surface area (Å²) in [6.07, 6.45) is 3.02. The third-order valence-electron chi connectivity index (χ3n) is 1.85. The number of Topliss-reactive ketones (excluding diaryl/α,β-unsaturated/α-hetero) is 1. The van der Waals surface area contributed by atoms with Crippen LogP contribution < -0.4 is 0 Å². The molecule has 4 heteroatoms. The highest BCUT2D eigenvalue weighted by atomic mass is 16.5. The Labute approximate surface area is 86.4 Å². The Morgan fingerprint density at radius 1 is 1.20 bits per heavy atom. The summed E-state index contributed by atoms with van der Waals surface area (Å²) < 4.78 is 15.1. The van der Waals surface area contributed by atoms with Gasteiger partial charge in [0, 0.05) is 0 Å². The average Bonchev–Trinajstić information content (AvgIpc) is 2.90. The molecule has 0 atom stereocenters. The van der Waals surface area contributed by atoms with Gasteiger partial charge in [0.05, 0.1) is 12.5 Å². The summed E-state index contributed by atoms with van der Waals surface area (Å²) >= 11 is 0. The lowest BCUT2D eigenvalue weighted by atomic mass is 10.3. The van der Waals surface area contributed by atoms with Gasteiger partial charge in [-0.3, -0.25) is 4.79 Å². The maximum Gasteiger partial charge on any atom is 0.223 e. The van der Waals surface area contributed by atoms with Crippen LogP contribution in [0.4, 0.5) is 0 Å². The molecule has 2 heterocycles. The zero-order valence-corrected chi connectivity index (χ0v) is 8.01. The maximum atomic E-state index is 11.4. The van der Waals surface area contributed by atoms with Crippen molar-refractivity contribution in [2.24, 2.45) is 0 Å². The van der Waals surface area contributed by atoms with Crippen molar-refractivity contribution < 1.29 is 18.4 Å². The number of hydrogen-bond acceptors (Lipinski definition) is 4. The van der Waals surface area contributed by atoms with Gasteiger partial charge in [0.15, 0.2) is 5.76 Å². The summed E-state index contributed by atoms with van der Waals surface area (Å²) in [4.78, 5) is 11.4. The van der Waals surface area contributed by atoms with Gasteiger partial charge in [0.2, 0.25) is 5.78 Å². The fourth-order valence-corrected chi connectivity index (χ4v) is 1.15. The Morgan fingerprint density at radius 3 is 2.67 bits per heavy atom. The van der Waals surface area contributed by atoms with E-state index in [4.69, 9.17) is 13.6 Å². The lowest BCUT2D eigenvalue weighted by Gasteiger charge is -1.99. The second-order valence-corrected chi connectivity index (χ2v) is 2.97. The first-order valence-electron chi connectivity index (χ1n) is 4.53. The van der Waals surface area contributed by atoms with E-state index < -0.39 is 0 Å². The molecule has 0 aromatic carbocycles. The second kappa shape index (κ2) is 4.61. The van der Waals surface area contributed by atoms with Gasteiger partial charge >= 0.3 is 0 Å². The summed E-state index contributed by atoms with van der Waals surface area (Å²) in [5.74, 6) is 0.836. The van der Waals surface area contributed by atoms with Crippen molar-refractivity contribution in [1.29, 1.82) is 0 Å². The number of carbonyl (C=O) groups excluding carboxylic acids is 1. The van der Waals surface area contributed by atoms with Gasteiger partial charge in [-0.1, -0.05) is 0 Å². The SMILES string of the molecule is O=C(COCc1ccco1)c1ccco1. The minimum absolute atomic E-state index is 0.00574. The Bertz CT molecular complexity index is 400. The first-order chi connectivity index (χ1) is 7.36. The van der Waals surface area contributed by atoms with Gasteiger partial charge in [0.1, 0.15) is 19.0 Å². The predicted octanol–water partition coefficient (Wildman–Crippen LogP) is 2.27. The number of furan rings is 2. The van der Waals surface area contributed by atoms with Gasteiger partial charge in [-0.25, -0.2) is 0 Å². The molecule has 0 amide bonds.